The number of nitrogens with one attached hydrogen (secondary N) is 1. The summed E-state index contributed by atoms with van der Waals surface area (Å²) in [5, 5.41) is 3.30. The molecule has 0 spiro atoms. The fraction of sp³-hybridized carbons (Fsp3) is 0.0769. The van der Waals surface area contributed by atoms with Gasteiger partial charge in [-0.15, -0.1) is 0 Å². The molecule has 0 aliphatic carbocycles. The minimum atomic E-state index is 0.740. The molecule has 3 N–H and O–H groups in total. The maximum Gasteiger partial charge on any atom is 0.0629 e. The maximum atomic E-state index is 5.89. The van der Waals surface area contributed by atoms with Crippen LogP contribution in [0.1, 0.15) is 5.56 Å². The number of hydrogen-bond donors (Lipinski definition) is 2. The van der Waals surface area contributed by atoms with Crippen LogP contribution in [-0.2, 0) is 0 Å². The molecule has 0 aliphatic rings. The Hall–Kier alpha value is -1.48. The second-order valence-electron chi connectivity index (χ2n) is 3.73. The minimum Gasteiger partial charge on any atom is -0.397 e. The van der Waals surface area contributed by atoms with Crippen molar-refractivity contribution in [2.75, 3.05) is 11.1 Å². The molecule has 0 heterocycles. The van der Waals surface area contributed by atoms with Gasteiger partial charge in [0.15, 0.2) is 0 Å². The van der Waals surface area contributed by atoms with Gasteiger partial charge in [0.25, 0.3) is 0 Å². The molecule has 16 heavy (non-hydrogen) atoms. The van der Waals surface area contributed by atoms with Crippen LogP contribution in [0.15, 0.2) is 46.9 Å². The molecule has 0 atom stereocenters. The molecule has 2 aromatic rings. The predicted octanol–water partition coefficient (Wildman–Crippen LogP) is 4.08. The van der Waals surface area contributed by atoms with Crippen molar-refractivity contribution in [2.24, 2.45) is 0 Å². The van der Waals surface area contributed by atoms with E-state index in [2.05, 4.69) is 40.3 Å². The van der Waals surface area contributed by atoms with Gasteiger partial charge in [-0.3, -0.25) is 0 Å². The van der Waals surface area contributed by atoms with Crippen LogP contribution in [0.5, 0.6) is 0 Å². The summed E-state index contributed by atoms with van der Waals surface area (Å²) in [5.74, 6) is 0. The van der Waals surface area contributed by atoms with E-state index in [4.69, 9.17) is 5.73 Å². The highest BCUT2D eigenvalue weighted by Crippen LogP contribution is 2.26. The Balaban J connectivity index is 2.30. The van der Waals surface area contributed by atoms with E-state index in [0.717, 1.165) is 21.5 Å². The summed E-state index contributed by atoms with van der Waals surface area (Å²) in [5.41, 5.74) is 9.82. The summed E-state index contributed by atoms with van der Waals surface area (Å²) in [4.78, 5) is 0. The summed E-state index contributed by atoms with van der Waals surface area (Å²) in [6.07, 6.45) is 0. The van der Waals surface area contributed by atoms with Gasteiger partial charge in [0.2, 0.25) is 0 Å². The quantitative estimate of drug-likeness (QED) is 0.811. The summed E-state index contributed by atoms with van der Waals surface area (Å²) < 4.78 is 1.01. The Kier molecular flexibility index (Phi) is 3.15. The zero-order chi connectivity index (χ0) is 11.5. The molecule has 82 valence electrons. The highest BCUT2D eigenvalue weighted by Gasteiger charge is 2.00. The lowest BCUT2D eigenvalue weighted by Crippen LogP contribution is -1.96. The molecule has 0 saturated heterocycles. The number of nitrogens with two attached hydrogens (primary N) is 1. The number of hydrogen-bond acceptors (Lipinski definition) is 2. The molecule has 0 aliphatic heterocycles. The van der Waals surface area contributed by atoms with E-state index in [0.29, 0.717) is 0 Å². The van der Waals surface area contributed by atoms with E-state index in [1.165, 1.54) is 5.56 Å². The highest BCUT2D eigenvalue weighted by molar-refractivity contribution is 9.10. The van der Waals surface area contributed by atoms with E-state index < -0.39 is 0 Å². The first-order chi connectivity index (χ1) is 7.65. The van der Waals surface area contributed by atoms with Gasteiger partial charge in [-0.1, -0.05) is 28.1 Å². The number of halogens is 1. The largest absolute Gasteiger partial charge is 0.397 e. The third kappa shape index (κ3) is 2.55. The molecule has 0 bridgehead atoms. The van der Waals surface area contributed by atoms with Gasteiger partial charge in [0.1, 0.15) is 0 Å². The lowest BCUT2D eigenvalue weighted by molar-refractivity contribution is 1.45. The summed E-state index contributed by atoms with van der Waals surface area (Å²) in [6.45, 7) is 2.06. The number of benzene rings is 2. The third-order valence-corrected chi connectivity index (χ3v) is 2.81. The van der Waals surface area contributed by atoms with Crippen molar-refractivity contribution < 1.29 is 0 Å². The van der Waals surface area contributed by atoms with Crippen molar-refractivity contribution in [3.8, 4) is 0 Å². The van der Waals surface area contributed by atoms with Crippen molar-refractivity contribution in [3.05, 3.63) is 52.5 Å². The Morgan fingerprint density at radius 1 is 1.12 bits per heavy atom. The molecule has 0 amide bonds. The topological polar surface area (TPSA) is 38.0 Å². The normalized spacial score (nSPS) is 10.1. The highest BCUT2D eigenvalue weighted by atomic mass is 79.9. The monoisotopic (exact) mass is 276 g/mol. The van der Waals surface area contributed by atoms with Crippen LogP contribution in [-0.4, -0.2) is 0 Å². The van der Waals surface area contributed by atoms with Crippen molar-refractivity contribution in [1.82, 2.24) is 0 Å². The molecule has 0 unspecified atom stereocenters. The Morgan fingerprint density at radius 2 is 1.94 bits per heavy atom. The summed E-state index contributed by atoms with van der Waals surface area (Å²) in [7, 11) is 0. The van der Waals surface area contributed by atoms with Gasteiger partial charge >= 0.3 is 0 Å². The first-order valence-corrected chi connectivity index (χ1v) is 5.83. The van der Waals surface area contributed by atoms with Crippen LogP contribution in [0, 0.1) is 6.92 Å². The molecule has 0 saturated carbocycles. The number of rotatable bonds is 2. The van der Waals surface area contributed by atoms with E-state index in [1.807, 2.05) is 30.3 Å². The predicted molar refractivity (Wildman–Crippen MR) is 73.0 cm³/mol. The first-order valence-electron chi connectivity index (χ1n) is 5.04. The van der Waals surface area contributed by atoms with Gasteiger partial charge in [0.05, 0.1) is 11.4 Å². The molecule has 2 nitrogen and oxygen atoms in total. The molecule has 0 aromatic heterocycles. The lowest BCUT2D eigenvalue weighted by atomic mass is 10.2. The fourth-order valence-corrected chi connectivity index (χ4v) is 1.88. The molecular weight excluding hydrogens is 264 g/mol. The van der Waals surface area contributed by atoms with Crippen LogP contribution in [0.4, 0.5) is 17.1 Å². The van der Waals surface area contributed by atoms with Crippen LogP contribution in [0.2, 0.25) is 0 Å². The number of nitrogen functional groups attached to an aromatic ring is 1. The van der Waals surface area contributed by atoms with Crippen LogP contribution >= 0.6 is 15.9 Å². The van der Waals surface area contributed by atoms with Gasteiger partial charge in [-0.05, 0) is 42.8 Å². The van der Waals surface area contributed by atoms with Gasteiger partial charge < -0.3 is 11.1 Å². The second kappa shape index (κ2) is 4.58. The summed E-state index contributed by atoms with van der Waals surface area (Å²) >= 11 is 3.43. The lowest BCUT2D eigenvalue weighted by Gasteiger charge is -2.10. The van der Waals surface area contributed by atoms with Gasteiger partial charge in [0, 0.05) is 10.2 Å². The van der Waals surface area contributed by atoms with Crippen molar-refractivity contribution in [2.45, 2.75) is 6.92 Å². The van der Waals surface area contributed by atoms with Crippen molar-refractivity contribution in [3.63, 3.8) is 0 Å². The molecule has 0 fully saturated rings. The first kappa shape index (κ1) is 11.0. The Labute approximate surface area is 104 Å². The Bertz CT molecular complexity index is 509. The molecular formula is C13H13BrN2. The Morgan fingerprint density at radius 3 is 2.69 bits per heavy atom. The number of aryl methyl sites for hydroxylation is 1. The molecule has 2 aromatic carbocycles. The summed E-state index contributed by atoms with van der Waals surface area (Å²) in [6, 6.07) is 14.0. The van der Waals surface area contributed by atoms with E-state index >= 15 is 0 Å². The zero-order valence-electron chi connectivity index (χ0n) is 9.00. The molecule has 3 heteroatoms. The fourth-order valence-electron chi connectivity index (χ4n) is 1.52. The second-order valence-corrected chi connectivity index (χ2v) is 4.64. The number of anilines is 3. The zero-order valence-corrected chi connectivity index (χ0v) is 10.6. The van der Waals surface area contributed by atoms with Crippen molar-refractivity contribution >= 4 is 33.0 Å². The van der Waals surface area contributed by atoms with Crippen molar-refractivity contribution in [1.29, 1.82) is 0 Å². The van der Waals surface area contributed by atoms with Crippen LogP contribution in [0.3, 0.4) is 0 Å². The van der Waals surface area contributed by atoms with Gasteiger partial charge in [-0.25, -0.2) is 0 Å². The minimum absolute atomic E-state index is 0.740. The molecule has 2 rings (SSSR count). The van der Waals surface area contributed by atoms with E-state index in [1.54, 1.807) is 0 Å². The van der Waals surface area contributed by atoms with Crippen LogP contribution in [0.25, 0.3) is 0 Å². The molecule has 0 radical (unpaired) electrons. The SMILES string of the molecule is Cc1cccc(Nc2cc(Br)ccc2N)c1. The average molecular weight is 277 g/mol. The maximum absolute atomic E-state index is 5.89. The van der Waals surface area contributed by atoms with Gasteiger partial charge in [-0.2, -0.15) is 0 Å². The third-order valence-electron chi connectivity index (χ3n) is 2.31. The van der Waals surface area contributed by atoms with E-state index in [-0.39, 0.29) is 0 Å². The van der Waals surface area contributed by atoms with Crippen LogP contribution < -0.4 is 11.1 Å². The average Bonchev–Trinajstić information content (AvgIpc) is 2.24. The standard InChI is InChI=1S/C13H13BrN2/c1-9-3-2-4-11(7-9)16-13-8-10(14)5-6-12(13)15/h2-8,16H,15H2,1H3. The van der Waals surface area contributed by atoms with E-state index in [9.17, 15) is 0 Å². The smallest absolute Gasteiger partial charge is 0.0629 e.